The zero-order valence-electron chi connectivity index (χ0n) is 16.3. The molecule has 0 saturated heterocycles. The van der Waals surface area contributed by atoms with Gasteiger partial charge in [0.15, 0.2) is 5.82 Å². The van der Waals surface area contributed by atoms with Crippen LogP contribution in [0.4, 0.5) is 10.1 Å². The number of benzene rings is 1. The Balaban J connectivity index is 1.81. The van der Waals surface area contributed by atoms with Gasteiger partial charge in [0.2, 0.25) is 0 Å². The molecule has 158 valence electrons. The number of hydroxylamine groups is 1. The summed E-state index contributed by atoms with van der Waals surface area (Å²) in [5, 5.41) is 11.6. The monoisotopic (exact) mass is 441 g/mol. The van der Waals surface area contributed by atoms with E-state index in [1.165, 1.54) is 36.1 Å². The molecule has 31 heavy (non-hydrogen) atoms. The molecule has 0 unspecified atom stereocenters. The normalized spacial score (nSPS) is 10.8. The van der Waals surface area contributed by atoms with Crippen molar-refractivity contribution in [2.75, 3.05) is 5.32 Å². The minimum absolute atomic E-state index is 0.259. The van der Waals surface area contributed by atoms with Gasteiger partial charge in [-0.2, -0.15) is 0 Å². The summed E-state index contributed by atoms with van der Waals surface area (Å²) in [6.07, 6.45) is 5.51. The number of alkyl halides is 1. The molecule has 0 spiro atoms. The second kappa shape index (κ2) is 9.88. The molecule has 0 saturated carbocycles. The number of hydrogen-bond acceptors (Lipinski definition) is 6. The van der Waals surface area contributed by atoms with E-state index in [9.17, 15) is 14.0 Å². The van der Waals surface area contributed by atoms with E-state index in [4.69, 9.17) is 16.8 Å². The maximum absolute atomic E-state index is 12.7. The minimum Gasteiger partial charge on any atom is -0.322 e. The highest BCUT2D eigenvalue weighted by Crippen LogP contribution is 2.28. The first-order valence-corrected chi connectivity index (χ1v) is 9.37. The average Bonchev–Trinajstić information content (AvgIpc) is 2.78. The molecule has 0 radical (unpaired) electrons. The van der Waals surface area contributed by atoms with Gasteiger partial charge >= 0.3 is 0 Å². The average molecular weight is 442 g/mol. The molecule has 0 bridgehead atoms. The van der Waals surface area contributed by atoms with Crippen LogP contribution in [0.3, 0.4) is 0 Å². The largest absolute Gasteiger partial charge is 0.322 e. The third-order valence-corrected chi connectivity index (χ3v) is 4.53. The smallest absolute Gasteiger partial charge is 0.267 e. The molecule has 0 atom stereocenters. The molecule has 2 aromatic heterocycles. The van der Waals surface area contributed by atoms with E-state index in [1.807, 2.05) is 0 Å². The SMILES string of the molecule is Cc1nc(CF)ccc1C(=O)Nc1ccc(Cl)c(-c2ncc(/C=C/C(=O)NO)cn2)c1. The molecule has 2 heterocycles. The van der Waals surface area contributed by atoms with Crippen molar-refractivity contribution in [2.45, 2.75) is 13.6 Å². The van der Waals surface area contributed by atoms with Crippen LogP contribution in [0.15, 0.2) is 48.8 Å². The number of rotatable bonds is 6. The quantitative estimate of drug-likeness (QED) is 0.305. The molecule has 10 heteroatoms. The number of amides is 2. The van der Waals surface area contributed by atoms with E-state index in [1.54, 1.807) is 25.1 Å². The van der Waals surface area contributed by atoms with E-state index in [0.717, 1.165) is 6.08 Å². The van der Waals surface area contributed by atoms with Gasteiger partial charge in [-0.15, -0.1) is 0 Å². The molecule has 8 nitrogen and oxygen atoms in total. The summed E-state index contributed by atoms with van der Waals surface area (Å²) in [6.45, 7) is 0.932. The van der Waals surface area contributed by atoms with E-state index in [2.05, 4.69) is 20.3 Å². The molecule has 3 rings (SSSR count). The van der Waals surface area contributed by atoms with Crippen LogP contribution >= 0.6 is 11.6 Å². The molecule has 2 amide bonds. The Kier molecular flexibility index (Phi) is 7.01. The minimum atomic E-state index is -0.702. The number of aryl methyl sites for hydroxylation is 1. The summed E-state index contributed by atoms with van der Waals surface area (Å²) in [6, 6.07) is 7.85. The van der Waals surface area contributed by atoms with Gasteiger partial charge in [-0.1, -0.05) is 11.6 Å². The standard InChI is InChI=1S/C21H17ClFN5O3/c1-12-16(5-3-15(9-23)26-12)21(30)27-14-4-6-18(22)17(8-14)20-24-10-13(11-25-20)2-7-19(29)28-31/h2-8,10-11,31H,9H2,1H3,(H,27,30)(H,28,29)/b7-2+. The highest BCUT2D eigenvalue weighted by Gasteiger charge is 2.13. The molecule has 0 aliphatic carbocycles. The van der Waals surface area contributed by atoms with E-state index < -0.39 is 18.5 Å². The summed E-state index contributed by atoms with van der Waals surface area (Å²) in [5.41, 5.74) is 3.98. The fourth-order valence-electron chi connectivity index (χ4n) is 2.67. The number of anilines is 1. The zero-order chi connectivity index (χ0) is 22.4. The Morgan fingerprint density at radius 2 is 1.94 bits per heavy atom. The van der Waals surface area contributed by atoms with Gasteiger partial charge < -0.3 is 5.32 Å². The number of nitrogens with one attached hydrogen (secondary N) is 2. The van der Waals surface area contributed by atoms with Crippen molar-refractivity contribution in [1.29, 1.82) is 0 Å². The number of carbonyl (C=O) groups excluding carboxylic acids is 2. The highest BCUT2D eigenvalue weighted by molar-refractivity contribution is 6.33. The van der Waals surface area contributed by atoms with Crippen molar-refractivity contribution in [3.8, 4) is 11.4 Å². The summed E-state index contributed by atoms with van der Waals surface area (Å²) in [7, 11) is 0. The topological polar surface area (TPSA) is 117 Å². The van der Waals surface area contributed by atoms with Crippen LogP contribution in [0.2, 0.25) is 5.02 Å². The molecular formula is C21H17ClFN5O3. The first-order valence-electron chi connectivity index (χ1n) is 8.99. The van der Waals surface area contributed by atoms with Gasteiger partial charge in [-0.3, -0.25) is 19.8 Å². The van der Waals surface area contributed by atoms with Crippen LogP contribution < -0.4 is 10.8 Å². The van der Waals surface area contributed by atoms with Crippen LogP contribution in [-0.4, -0.2) is 32.0 Å². The summed E-state index contributed by atoms with van der Waals surface area (Å²) < 4.78 is 12.7. The molecule has 3 aromatic rings. The lowest BCUT2D eigenvalue weighted by molar-refractivity contribution is -0.124. The third kappa shape index (κ3) is 5.47. The molecule has 1 aromatic carbocycles. The van der Waals surface area contributed by atoms with Gasteiger partial charge in [0.25, 0.3) is 11.8 Å². The predicted molar refractivity (Wildman–Crippen MR) is 113 cm³/mol. The van der Waals surface area contributed by atoms with Crippen molar-refractivity contribution >= 4 is 35.2 Å². The van der Waals surface area contributed by atoms with Crippen molar-refractivity contribution in [1.82, 2.24) is 20.4 Å². The lowest BCUT2D eigenvalue weighted by atomic mass is 10.1. The lowest BCUT2D eigenvalue weighted by Gasteiger charge is -2.10. The summed E-state index contributed by atoms with van der Waals surface area (Å²) in [5.74, 6) is -0.761. The van der Waals surface area contributed by atoms with Crippen LogP contribution in [0.5, 0.6) is 0 Å². The Morgan fingerprint density at radius 3 is 2.58 bits per heavy atom. The van der Waals surface area contributed by atoms with Crippen LogP contribution in [0.25, 0.3) is 17.5 Å². The number of nitrogens with zero attached hydrogens (tertiary/aromatic N) is 3. The van der Waals surface area contributed by atoms with E-state index in [0.29, 0.717) is 38.9 Å². The van der Waals surface area contributed by atoms with Gasteiger partial charge in [0.05, 0.1) is 22.0 Å². The first kappa shape index (κ1) is 22.0. The number of aromatic nitrogens is 3. The van der Waals surface area contributed by atoms with Gasteiger partial charge in [-0.25, -0.2) is 19.8 Å². The van der Waals surface area contributed by atoms with Crippen molar-refractivity contribution in [2.24, 2.45) is 0 Å². The number of carbonyl (C=O) groups is 2. The second-order valence-corrected chi connectivity index (χ2v) is 6.77. The second-order valence-electron chi connectivity index (χ2n) is 6.37. The molecule has 0 aliphatic heterocycles. The van der Waals surface area contributed by atoms with Gasteiger partial charge in [-0.05, 0) is 43.3 Å². The fraction of sp³-hybridized carbons (Fsp3) is 0.0952. The molecule has 0 aliphatic rings. The Labute approximate surface area is 181 Å². The van der Waals surface area contributed by atoms with E-state index >= 15 is 0 Å². The molecule has 0 fully saturated rings. The summed E-state index contributed by atoms with van der Waals surface area (Å²) in [4.78, 5) is 36.1. The van der Waals surface area contributed by atoms with Gasteiger partial charge in [0.1, 0.15) is 6.67 Å². The van der Waals surface area contributed by atoms with Crippen molar-refractivity contribution < 1.29 is 19.2 Å². The Hall–Kier alpha value is -3.69. The number of halogens is 2. The zero-order valence-corrected chi connectivity index (χ0v) is 17.0. The molecule has 3 N–H and O–H groups in total. The van der Waals surface area contributed by atoms with Gasteiger partial charge in [0, 0.05) is 35.3 Å². The summed E-state index contributed by atoms with van der Waals surface area (Å²) >= 11 is 6.27. The van der Waals surface area contributed by atoms with Crippen LogP contribution in [-0.2, 0) is 11.5 Å². The van der Waals surface area contributed by atoms with Crippen molar-refractivity contribution in [3.05, 3.63) is 76.3 Å². The highest BCUT2D eigenvalue weighted by atomic mass is 35.5. The Morgan fingerprint density at radius 1 is 1.19 bits per heavy atom. The Bertz CT molecular complexity index is 1150. The third-order valence-electron chi connectivity index (χ3n) is 4.20. The van der Waals surface area contributed by atoms with Crippen LogP contribution in [0, 0.1) is 6.92 Å². The molecular weight excluding hydrogens is 425 g/mol. The fourth-order valence-corrected chi connectivity index (χ4v) is 2.87. The van der Waals surface area contributed by atoms with E-state index in [-0.39, 0.29) is 5.69 Å². The number of hydrogen-bond donors (Lipinski definition) is 3. The maximum atomic E-state index is 12.7. The van der Waals surface area contributed by atoms with Crippen molar-refractivity contribution in [3.63, 3.8) is 0 Å². The maximum Gasteiger partial charge on any atom is 0.267 e. The first-order chi connectivity index (χ1) is 14.9. The van der Waals surface area contributed by atoms with Crippen LogP contribution in [0.1, 0.15) is 27.3 Å². The number of pyridine rings is 1. The predicted octanol–water partition coefficient (Wildman–Crippen LogP) is 3.74. The lowest BCUT2D eigenvalue weighted by Crippen LogP contribution is -2.14.